The number of nitrogens with two attached hydrogens (primary N) is 2. The fourth-order valence-electron chi connectivity index (χ4n) is 1.54. The highest BCUT2D eigenvalue weighted by Gasteiger charge is 2.21. The Morgan fingerprint density at radius 3 is 2.47 bits per heavy atom. The van der Waals surface area contributed by atoms with Gasteiger partial charge in [0, 0.05) is 0 Å². The van der Waals surface area contributed by atoms with E-state index in [1.807, 2.05) is 0 Å². The van der Waals surface area contributed by atoms with E-state index in [1.54, 1.807) is 38.1 Å². The van der Waals surface area contributed by atoms with Crippen molar-refractivity contribution in [3.05, 3.63) is 24.3 Å². The van der Waals surface area contributed by atoms with E-state index in [1.165, 1.54) is 0 Å². The largest absolute Gasteiger partial charge is 0.482 e. The van der Waals surface area contributed by atoms with Crippen LogP contribution in [0.15, 0.2) is 24.3 Å². The summed E-state index contributed by atoms with van der Waals surface area (Å²) in [6, 6.07) is 6.15. The number of hydrogen-bond donors (Lipinski definition) is 3. The van der Waals surface area contributed by atoms with Crippen LogP contribution in [-0.4, -0.2) is 24.5 Å². The number of nitrogens with one attached hydrogen (secondary N) is 1. The summed E-state index contributed by atoms with van der Waals surface area (Å²) in [6.45, 7) is 3.38. The van der Waals surface area contributed by atoms with Crippen molar-refractivity contribution in [2.75, 3.05) is 12.3 Å². The Balaban J connectivity index is 2.52. The van der Waals surface area contributed by atoms with Crippen molar-refractivity contribution in [2.24, 2.45) is 11.7 Å². The van der Waals surface area contributed by atoms with Gasteiger partial charge in [-0.15, -0.1) is 0 Å². The molecule has 5 N–H and O–H groups in total. The smallest absolute Gasteiger partial charge is 0.258 e. The zero-order chi connectivity index (χ0) is 14.4. The number of anilines is 1. The lowest BCUT2D eigenvalue weighted by Gasteiger charge is -2.19. The normalized spacial score (nSPS) is 11.9. The predicted molar refractivity (Wildman–Crippen MR) is 72.3 cm³/mol. The third kappa shape index (κ3) is 4.50. The molecule has 1 aromatic carbocycles. The molecular weight excluding hydrogens is 246 g/mol. The van der Waals surface area contributed by atoms with E-state index in [9.17, 15) is 9.59 Å². The predicted octanol–water partition coefficient (Wildman–Crippen LogP) is 0.274. The highest BCUT2D eigenvalue weighted by atomic mass is 16.5. The first kappa shape index (κ1) is 14.8. The lowest BCUT2D eigenvalue weighted by atomic mass is 10.0. The summed E-state index contributed by atoms with van der Waals surface area (Å²) >= 11 is 0. The number of hydrogen-bond acceptors (Lipinski definition) is 4. The molecule has 1 rings (SSSR count). The first-order valence-electron chi connectivity index (χ1n) is 5.97. The molecule has 1 aromatic rings. The van der Waals surface area contributed by atoms with Crippen LogP contribution in [0.4, 0.5) is 5.69 Å². The monoisotopic (exact) mass is 265 g/mol. The molecule has 0 aromatic heterocycles. The van der Waals surface area contributed by atoms with Crippen LogP contribution < -0.4 is 21.5 Å². The molecule has 0 spiro atoms. The molecule has 104 valence electrons. The molecule has 0 bridgehead atoms. The quantitative estimate of drug-likeness (QED) is 0.642. The van der Waals surface area contributed by atoms with Gasteiger partial charge in [0.1, 0.15) is 11.8 Å². The molecule has 0 heterocycles. The van der Waals surface area contributed by atoms with Crippen LogP contribution in [0.25, 0.3) is 0 Å². The second kappa shape index (κ2) is 6.63. The average molecular weight is 265 g/mol. The lowest BCUT2D eigenvalue weighted by molar-refractivity contribution is -0.129. The fourth-order valence-corrected chi connectivity index (χ4v) is 1.54. The zero-order valence-corrected chi connectivity index (χ0v) is 11.1. The summed E-state index contributed by atoms with van der Waals surface area (Å²) in [5.74, 6) is -0.635. The van der Waals surface area contributed by atoms with Crippen LogP contribution in [0.5, 0.6) is 5.75 Å². The zero-order valence-electron chi connectivity index (χ0n) is 11.1. The number of carbonyl (C=O) groups is 2. The van der Waals surface area contributed by atoms with Crippen LogP contribution in [0.3, 0.4) is 0 Å². The van der Waals surface area contributed by atoms with Crippen molar-refractivity contribution in [3.8, 4) is 5.75 Å². The van der Waals surface area contributed by atoms with Crippen molar-refractivity contribution < 1.29 is 14.3 Å². The number of benzene rings is 1. The van der Waals surface area contributed by atoms with Gasteiger partial charge in [-0.25, -0.2) is 0 Å². The second-order valence-electron chi connectivity index (χ2n) is 4.52. The van der Waals surface area contributed by atoms with E-state index >= 15 is 0 Å². The topological polar surface area (TPSA) is 107 Å². The van der Waals surface area contributed by atoms with Gasteiger partial charge >= 0.3 is 0 Å². The first-order valence-corrected chi connectivity index (χ1v) is 5.97. The third-order valence-electron chi connectivity index (χ3n) is 2.57. The minimum absolute atomic E-state index is 0.0803. The molecule has 0 aliphatic carbocycles. The standard InChI is InChI=1S/C13H19N3O3/c1-8(2)12(13(15)18)16-11(17)7-19-10-6-4-3-5-9(10)14/h3-6,8,12H,7,14H2,1-2H3,(H2,15,18)(H,16,17). The van der Waals surface area contributed by atoms with Crippen LogP contribution in [0.1, 0.15) is 13.8 Å². The summed E-state index contributed by atoms with van der Waals surface area (Å²) in [5, 5.41) is 2.53. The van der Waals surface area contributed by atoms with Gasteiger partial charge in [-0.05, 0) is 18.1 Å². The molecular formula is C13H19N3O3. The Labute approximate surface area is 112 Å². The molecule has 0 saturated carbocycles. The minimum Gasteiger partial charge on any atom is -0.482 e. The molecule has 0 saturated heterocycles. The number of primary amides is 1. The number of rotatable bonds is 6. The van der Waals surface area contributed by atoms with Crippen molar-refractivity contribution in [1.82, 2.24) is 5.32 Å². The maximum Gasteiger partial charge on any atom is 0.258 e. The Bertz CT molecular complexity index is 460. The van der Waals surface area contributed by atoms with Gasteiger partial charge in [0.15, 0.2) is 6.61 Å². The van der Waals surface area contributed by atoms with Crippen molar-refractivity contribution >= 4 is 17.5 Å². The number of ether oxygens (including phenoxy) is 1. The maximum absolute atomic E-state index is 11.7. The van der Waals surface area contributed by atoms with Crippen molar-refractivity contribution in [1.29, 1.82) is 0 Å². The molecule has 0 radical (unpaired) electrons. The van der Waals surface area contributed by atoms with E-state index in [2.05, 4.69) is 5.32 Å². The summed E-state index contributed by atoms with van der Waals surface area (Å²) < 4.78 is 5.27. The Morgan fingerprint density at radius 1 is 1.32 bits per heavy atom. The van der Waals surface area contributed by atoms with Crippen molar-refractivity contribution in [2.45, 2.75) is 19.9 Å². The van der Waals surface area contributed by atoms with E-state index < -0.39 is 17.9 Å². The summed E-state index contributed by atoms with van der Waals surface area (Å²) in [4.78, 5) is 22.8. The highest BCUT2D eigenvalue weighted by Crippen LogP contribution is 2.19. The number of carbonyl (C=O) groups excluding carboxylic acids is 2. The Kier molecular flexibility index (Phi) is 5.17. The van der Waals surface area contributed by atoms with Gasteiger partial charge in [0.05, 0.1) is 5.69 Å². The lowest BCUT2D eigenvalue weighted by Crippen LogP contribution is -2.49. The molecule has 1 atom stereocenters. The average Bonchev–Trinajstić information content (AvgIpc) is 2.34. The Hall–Kier alpha value is -2.24. The molecule has 1 unspecified atom stereocenters. The minimum atomic E-state index is -0.704. The summed E-state index contributed by atoms with van der Waals surface area (Å²) in [6.07, 6.45) is 0. The van der Waals surface area contributed by atoms with Crippen LogP contribution in [0, 0.1) is 5.92 Å². The summed E-state index contributed by atoms with van der Waals surface area (Å²) in [7, 11) is 0. The van der Waals surface area contributed by atoms with E-state index in [4.69, 9.17) is 16.2 Å². The SMILES string of the molecule is CC(C)C(NC(=O)COc1ccccc1N)C(N)=O. The Morgan fingerprint density at radius 2 is 1.95 bits per heavy atom. The highest BCUT2D eigenvalue weighted by molar-refractivity contribution is 5.87. The van der Waals surface area contributed by atoms with Crippen LogP contribution >= 0.6 is 0 Å². The van der Waals surface area contributed by atoms with E-state index in [0.717, 1.165) is 0 Å². The van der Waals surface area contributed by atoms with Gasteiger partial charge in [0.25, 0.3) is 5.91 Å². The molecule has 0 aliphatic rings. The maximum atomic E-state index is 11.7. The van der Waals surface area contributed by atoms with Crippen LogP contribution in [0.2, 0.25) is 0 Å². The molecule has 2 amide bonds. The second-order valence-corrected chi connectivity index (χ2v) is 4.52. The first-order chi connectivity index (χ1) is 8.91. The van der Waals surface area contributed by atoms with Gasteiger partial charge in [-0.2, -0.15) is 0 Å². The van der Waals surface area contributed by atoms with Crippen molar-refractivity contribution in [3.63, 3.8) is 0 Å². The molecule has 6 heteroatoms. The van der Waals surface area contributed by atoms with E-state index in [0.29, 0.717) is 11.4 Å². The van der Waals surface area contributed by atoms with Gasteiger partial charge < -0.3 is 21.5 Å². The van der Waals surface area contributed by atoms with E-state index in [-0.39, 0.29) is 12.5 Å². The molecule has 19 heavy (non-hydrogen) atoms. The van der Waals surface area contributed by atoms with Gasteiger partial charge in [-0.1, -0.05) is 26.0 Å². The number of nitrogen functional groups attached to an aromatic ring is 1. The van der Waals surface area contributed by atoms with Gasteiger partial charge in [-0.3, -0.25) is 9.59 Å². The van der Waals surface area contributed by atoms with Crippen LogP contribution in [-0.2, 0) is 9.59 Å². The number of para-hydroxylation sites is 2. The van der Waals surface area contributed by atoms with Gasteiger partial charge in [0.2, 0.25) is 5.91 Å². The third-order valence-corrected chi connectivity index (χ3v) is 2.57. The fraction of sp³-hybridized carbons (Fsp3) is 0.385. The number of amides is 2. The molecule has 0 aliphatic heterocycles. The molecule has 6 nitrogen and oxygen atoms in total. The summed E-state index contributed by atoms with van der Waals surface area (Å²) in [5.41, 5.74) is 11.3. The molecule has 0 fully saturated rings.